The molecule has 2 nitrogen and oxygen atoms in total. The van der Waals surface area contributed by atoms with Gasteiger partial charge in [-0.05, 0) is 51.1 Å². The number of aryl methyl sites for hydroxylation is 2. The van der Waals surface area contributed by atoms with Crippen LogP contribution in [0.1, 0.15) is 18.1 Å². The Morgan fingerprint density at radius 3 is 2.05 bits per heavy atom. The molecule has 2 aromatic rings. The molecular formula is C18H20N2. The van der Waals surface area contributed by atoms with Gasteiger partial charge in [-0.25, -0.2) is 0 Å². The topological polar surface area (TPSA) is 24.4 Å². The number of allylic oxidation sites excluding steroid dienone is 2. The predicted molar refractivity (Wildman–Crippen MR) is 87.9 cm³/mol. The van der Waals surface area contributed by atoms with Crippen LogP contribution in [-0.4, -0.2) is 6.21 Å². The SMILES string of the molecule is C/C(=C\C=Nc1ccc(C)cc1)Nc1ccc(C)cc1. The molecule has 0 aliphatic rings. The average Bonchev–Trinajstić information content (AvgIpc) is 2.44. The standard InChI is InChI=1S/C18H20N2/c1-14-4-8-17(9-5-14)19-13-12-16(3)20-18-10-6-15(2)7-11-18/h4-13,20H,1-3H3/b16-12+,19-13?. The molecule has 2 aromatic carbocycles. The third-order valence-electron chi connectivity index (χ3n) is 2.98. The van der Waals surface area contributed by atoms with E-state index in [-0.39, 0.29) is 0 Å². The third kappa shape index (κ3) is 4.39. The molecule has 1 N–H and O–H groups in total. The molecule has 102 valence electrons. The molecule has 0 aliphatic carbocycles. The highest BCUT2D eigenvalue weighted by Crippen LogP contribution is 2.13. The quantitative estimate of drug-likeness (QED) is 0.770. The molecule has 2 heteroatoms. The van der Waals surface area contributed by atoms with Gasteiger partial charge in [-0.3, -0.25) is 4.99 Å². The van der Waals surface area contributed by atoms with Gasteiger partial charge in [0.1, 0.15) is 0 Å². The van der Waals surface area contributed by atoms with Crippen LogP contribution in [0.5, 0.6) is 0 Å². The fourth-order valence-electron chi connectivity index (χ4n) is 1.77. The van der Waals surface area contributed by atoms with Crippen LogP contribution in [0.2, 0.25) is 0 Å². The van der Waals surface area contributed by atoms with Crippen molar-refractivity contribution in [2.45, 2.75) is 20.8 Å². The summed E-state index contributed by atoms with van der Waals surface area (Å²) in [7, 11) is 0. The van der Waals surface area contributed by atoms with Crippen LogP contribution in [-0.2, 0) is 0 Å². The van der Waals surface area contributed by atoms with Crippen molar-refractivity contribution >= 4 is 17.6 Å². The summed E-state index contributed by atoms with van der Waals surface area (Å²) in [5, 5.41) is 3.33. The number of nitrogens with one attached hydrogen (secondary N) is 1. The van der Waals surface area contributed by atoms with Gasteiger partial charge in [-0.15, -0.1) is 0 Å². The second-order valence-corrected chi connectivity index (χ2v) is 4.95. The van der Waals surface area contributed by atoms with E-state index in [2.05, 4.69) is 60.6 Å². The summed E-state index contributed by atoms with van der Waals surface area (Å²) in [5.74, 6) is 0. The molecule has 2 rings (SSSR count). The number of hydrogen-bond donors (Lipinski definition) is 1. The van der Waals surface area contributed by atoms with Crippen LogP contribution in [0, 0.1) is 13.8 Å². The van der Waals surface area contributed by atoms with Crippen LogP contribution in [0.4, 0.5) is 11.4 Å². The highest BCUT2D eigenvalue weighted by Gasteiger charge is 1.91. The lowest BCUT2D eigenvalue weighted by Gasteiger charge is -2.05. The van der Waals surface area contributed by atoms with Gasteiger partial charge in [0.2, 0.25) is 0 Å². The minimum atomic E-state index is 0.968. The molecular weight excluding hydrogens is 244 g/mol. The van der Waals surface area contributed by atoms with E-state index in [0.29, 0.717) is 0 Å². The van der Waals surface area contributed by atoms with Gasteiger partial charge in [-0.2, -0.15) is 0 Å². The van der Waals surface area contributed by atoms with Crippen LogP contribution in [0.15, 0.2) is 65.3 Å². The van der Waals surface area contributed by atoms with Crippen LogP contribution >= 0.6 is 0 Å². The van der Waals surface area contributed by atoms with Crippen molar-refractivity contribution in [1.29, 1.82) is 0 Å². The Kier molecular flexibility index (Phi) is 4.72. The number of anilines is 1. The van der Waals surface area contributed by atoms with Gasteiger partial charge >= 0.3 is 0 Å². The molecule has 0 fully saturated rings. The first-order chi connectivity index (χ1) is 9.63. The maximum Gasteiger partial charge on any atom is 0.0629 e. The summed E-state index contributed by atoms with van der Waals surface area (Å²) in [5.41, 5.74) is 5.63. The van der Waals surface area contributed by atoms with Crippen molar-refractivity contribution in [3.63, 3.8) is 0 Å². The summed E-state index contributed by atoms with van der Waals surface area (Å²) in [6.07, 6.45) is 3.79. The normalized spacial score (nSPS) is 11.8. The monoisotopic (exact) mass is 264 g/mol. The van der Waals surface area contributed by atoms with E-state index in [0.717, 1.165) is 17.1 Å². The van der Waals surface area contributed by atoms with E-state index >= 15 is 0 Å². The molecule has 0 radical (unpaired) electrons. The van der Waals surface area contributed by atoms with E-state index in [1.807, 2.05) is 31.3 Å². The lowest BCUT2D eigenvalue weighted by atomic mass is 10.2. The number of aliphatic imine (C=N–C) groups is 1. The maximum atomic E-state index is 4.40. The summed E-state index contributed by atoms with van der Waals surface area (Å²) < 4.78 is 0. The Balaban J connectivity index is 1.96. The van der Waals surface area contributed by atoms with E-state index in [4.69, 9.17) is 0 Å². The second-order valence-electron chi connectivity index (χ2n) is 4.95. The Bertz CT molecular complexity index is 605. The third-order valence-corrected chi connectivity index (χ3v) is 2.98. The minimum Gasteiger partial charge on any atom is -0.359 e. The van der Waals surface area contributed by atoms with Crippen molar-refractivity contribution in [3.8, 4) is 0 Å². The highest BCUT2D eigenvalue weighted by atomic mass is 14.9. The smallest absolute Gasteiger partial charge is 0.0629 e. The second kappa shape index (κ2) is 6.71. The molecule has 0 saturated heterocycles. The van der Waals surface area contributed by atoms with Gasteiger partial charge < -0.3 is 5.32 Å². The number of rotatable bonds is 4. The van der Waals surface area contributed by atoms with Crippen LogP contribution in [0.25, 0.3) is 0 Å². The fourth-order valence-corrected chi connectivity index (χ4v) is 1.77. The van der Waals surface area contributed by atoms with E-state index in [1.54, 1.807) is 0 Å². The van der Waals surface area contributed by atoms with Gasteiger partial charge in [0.15, 0.2) is 0 Å². The zero-order valence-electron chi connectivity index (χ0n) is 12.2. The molecule has 0 aliphatic heterocycles. The average molecular weight is 264 g/mol. The lowest BCUT2D eigenvalue weighted by Crippen LogP contribution is -1.95. The molecule has 0 aromatic heterocycles. The Labute approximate surface area is 120 Å². The van der Waals surface area contributed by atoms with Crippen LogP contribution < -0.4 is 5.32 Å². The van der Waals surface area contributed by atoms with Crippen molar-refractivity contribution in [2.24, 2.45) is 4.99 Å². The molecule has 0 spiro atoms. The fraction of sp³-hybridized carbons (Fsp3) is 0.167. The molecule has 0 saturated carbocycles. The number of nitrogens with zero attached hydrogens (tertiary/aromatic N) is 1. The van der Waals surface area contributed by atoms with Gasteiger partial charge in [0, 0.05) is 17.6 Å². The minimum absolute atomic E-state index is 0.968. The summed E-state index contributed by atoms with van der Waals surface area (Å²) in [4.78, 5) is 4.40. The Hall–Kier alpha value is -2.35. The Morgan fingerprint density at radius 2 is 1.45 bits per heavy atom. The van der Waals surface area contributed by atoms with Crippen LogP contribution in [0.3, 0.4) is 0 Å². The summed E-state index contributed by atoms with van der Waals surface area (Å²) >= 11 is 0. The van der Waals surface area contributed by atoms with Crippen molar-refractivity contribution in [2.75, 3.05) is 5.32 Å². The van der Waals surface area contributed by atoms with E-state index in [9.17, 15) is 0 Å². The molecule has 0 amide bonds. The van der Waals surface area contributed by atoms with Crippen molar-refractivity contribution in [1.82, 2.24) is 0 Å². The Morgan fingerprint density at radius 1 is 0.900 bits per heavy atom. The zero-order chi connectivity index (χ0) is 14.4. The first-order valence-corrected chi connectivity index (χ1v) is 6.75. The first kappa shape index (κ1) is 14.1. The van der Waals surface area contributed by atoms with Crippen molar-refractivity contribution in [3.05, 3.63) is 71.4 Å². The zero-order valence-corrected chi connectivity index (χ0v) is 12.2. The van der Waals surface area contributed by atoms with E-state index < -0.39 is 0 Å². The molecule has 0 bridgehead atoms. The first-order valence-electron chi connectivity index (χ1n) is 6.75. The van der Waals surface area contributed by atoms with E-state index in [1.165, 1.54) is 11.1 Å². The maximum absolute atomic E-state index is 4.40. The largest absolute Gasteiger partial charge is 0.359 e. The van der Waals surface area contributed by atoms with Gasteiger partial charge in [0.05, 0.1) is 5.69 Å². The summed E-state index contributed by atoms with van der Waals surface area (Å²) in [6, 6.07) is 16.5. The van der Waals surface area contributed by atoms with Gasteiger partial charge in [0.25, 0.3) is 0 Å². The molecule has 0 heterocycles. The van der Waals surface area contributed by atoms with Gasteiger partial charge in [-0.1, -0.05) is 35.4 Å². The lowest BCUT2D eigenvalue weighted by molar-refractivity contribution is 1.37. The predicted octanol–water partition coefficient (Wildman–Crippen LogP) is 5.02. The molecule has 0 atom stereocenters. The number of hydrogen-bond acceptors (Lipinski definition) is 2. The highest BCUT2D eigenvalue weighted by molar-refractivity contribution is 5.76. The molecule has 20 heavy (non-hydrogen) atoms. The molecule has 0 unspecified atom stereocenters. The van der Waals surface area contributed by atoms with Crippen molar-refractivity contribution < 1.29 is 0 Å². The number of benzene rings is 2. The summed E-state index contributed by atoms with van der Waals surface area (Å²) in [6.45, 7) is 6.19.